The Morgan fingerprint density at radius 2 is 2.12 bits per heavy atom. The number of hydrogen-bond donors (Lipinski definition) is 1. The molecule has 0 spiro atoms. The molecule has 0 amide bonds. The zero-order valence-corrected chi connectivity index (χ0v) is 11.7. The molecular formula is C12H11ClINO. The molecule has 0 aliphatic heterocycles. The van der Waals surface area contributed by atoms with Crippen molar-refractivity contribution in [3.05, 3.63) is 50.4 Å². The van der Waals surface area contributed by atoms with Gasteiger partial charge in [0.25, 0.3) is 0 Å². The molecule has 0 saturated heterocycles. The van der Waals surface area contributed by atoms with E-state index in [2.05, 4.69) is 53.0 Å². The van der Waals surface area contributed by atoms with Gasteiger partial charge in [0.2, 0.25) is 0 Å². The fourth-order valence-electron chi connectivity index (χ4n) is 1.34. The first kappa shape index (κ1) is 11.8. The molecular weight excluding hydrogens is 336 g/mol. The van der Waals surface area contributed by atoms with E-state index >= 15 is 0 Å². The first-order valence-corrected chi connectivity index (χ1v) is 6.35. The summed E-state index contributed by atoms with van der Waals surface area (Å²) < 4.78 is 6.51. The van der Waals surface area contributed by atoms with Crippen LogP contribution in [-0.2, 0) is 6.54 Å². The smallest absolute Gasteiger partial charge is 0.193 e. The van der Waals surface area contributed by atoms with Gasteiger partial charge in [0.15, 0.2) is 5.22 Å². The number of nitrogens with one attached hydrogen (secondary N) is 1. The van der Waals surface area contributed by atoms with Crippen LogP contribution in [-0.4, -0.2) is 0 Å². The van der Waals surface area contributed by atoms with Gasteiger partial charge < -0.3 is 9.73 Å². The van der Waals surface area contributed by atoms with E-state index in [0.29, 0.717) is 11.8 Å². The van der Waals surface area contributed by atoms with Gasteiger partial charge in [-0.15, -0.1) is 0 Å². The minimum atomic E-state index is 0.426. The van der Waals surface area contributed by atoms with Crippen molar-refractivity contribution in [2.24, 2.45) is 0 Å². The summed E-state index contributed by atoms with van der Waals surface area (Å²) in [5.74, 6) is 0.834. The lowest BCUT2D eigenvalue weighted by molar-refractivity contribution is 0.520. The summed E-state index contributed by atoms with van der Waals surface area (Å²) in [5, 5.41) is 3.71. The van der Waals surface area contributed by atoms with Crippen molar-refractivity contribution < 1.29 is 4.42 Å². The van der Waals surface area contributed by atoms with E-state index in [1.165, 1.54) is 9.13 Å². The van der Waals surface area contributed by atoms with E-state index in [4.69, 9.17) is 16.0 Å². The molecule has 0 unspecified atom stereocenters. The Kier molecular flexibility index (Phi) is 3.76. The van der Waals surface area contributed by atoms with Crippen molar-refractivity contribution in [3.63, 3.8) is 0 Å². The number of rotatable bonds is 3. The van der Waals surface area contributed by atoms with Crippen LogP contribution in [0.1, 0.15) is 11.3 Å². The summed E-state index contributed by atoms with van der Waals surface area (Å²) in [6.07, 6.45) is 0. The molecule has 0 aliphatic rings. The summed E-state index contributed by atoms with van der Waals surface area (Å²) >= 11 is 8.02. The number of aryl methyl sites for hydroxylation is 1. The number of benzene rings is 1. The highest BCUT2D eigenvalue weighted by Crippen LogP contribution is 2.19. The van der Waals surface area contributed by atoms with Gasteiger partial charge in [-0.25, -0.2) is 0 Å². The van der Waals surface area contributed by atoms with E-state index in [-0.39, 0.29) is 0 Å². The van der Waals surface area contributed by atoms with Gasteiger partial charge in [-0.05, 0) is 70.9 Å². The van der Waals surface area contributed by atoms with E-state index < -0.39 is 0 Å². The second kappa shape index (κ2) is 5.10. The molecule has 2 nitrogen and oxygen atoms in total. The highest BCUT2D eigenvalue weighted by atomic mass is 127. The molecule has 0 atom stereocenters. The van der Waals surface area contributed by atoms with Crippen LogP contribution >= 0.6 is 34.2 Å². The monoisotopic (exact) mass is 347 g/mol. The van der Waals surface area contributed by atoms with E-state index in [0.717, 1.165) is 11.4 Å². The lowest BCUT2D eigenvalue weighted by Crippen LogP contribution is -1.98. The fourth-order valence-corrected chi connectivity index (χ4v) is 2.02. The first-order valence-electron chi connectivity index (χ1n) is 4.89. The first-order chi connectivity index (χ1) is 7.65. The van der Waals surface area contributed by atoms with Crippen LogP contribution in [0.2, 0.25) is 5.22 Å². The van der Waals surface area contributed by atoms with Gasteiger partial charge in [0, 0.05) is 9.26 Å². The zero-order valence-electron chi connectivity index (χ0n) is 8.76. The molecule has 16 heavy (non-hydrogen) atoms. The molecule has 0 fully saturated rings. The summed E-state index contributed by atoms with van der Waals surface area (Å²) in [4.78, 5) is 0. The summed E-state index contributed by atoms with van der Waals surface area (Å²) in [6.45, 7) is 2.74. The average molecular weight is 348 g/mol. The topological polar surface area (TPSA) is 25.2 Å². The van der Waals surface area contributed by atoms with Gasteiger partial charge in [0.1, 0.15) is 5.76 Å². The SMILES string of the molecule is Cc1ccc(NCc2ccc(Cl)o2)cc1I. The third kappa shape index (κ3) is 2.92. The lowest BCUT2D eigenvalue weighted by Gasteiger charge is -2.06. The largest absolute Gasteiger partial charge is 0.448 e. The van der Waals surface area contributed by atoms with Gasteiger partial charge >= 0.3 is 0 Å². The van der Waals surface area contributed by atoms with Crippen molar-refractivity contribution in [2.45, 2.75) is 13.5 Å². The molecule has 0 aliphatic carbocycles. The maximum atomic E-state index is 5.69. The Morgan fingerprint density at radius 3 is 2.75 bits per heavy atom. The van der Waals surface area contributed by atoms with Crippen LogP contribution < -0.4 is 5.32 Å². The lowest BCUT2D eigenvalue weighted by atomic mass is 10.2. The van der Waals surface area contributed by atoms with Crippen LogP contribution in [0.4, 0.5) is 5.69 Å². The Balaban J connectivity index is 2.02. The second-order valence-electron chi connectivity index (χ2n) is 3.52. The molecule has 1 aromatic heterocycles. The van der Waals surface area contributed by atoms with Crippen molar-refractivity contribution in [2.75, 3.05) is 5.32 Å². The van der Waals surface area contributed by atoms with Gasteiger partial charge in [-0.2, -0.15) is 0 Å². The highest BCUT2D eigenvalue weighted by Gasteiger charge is 2.00. The van der Waals surface area contributed by atoms with Crippen LogP contribution in [0.15, 0.2) is 34.7 Å². The summed E-state index contributed by atoms with van der Waals surface area (Å²) in [5.41, 5.74) is 2.37. The number of anilines is 1. The average Bonchev–Trinajstić information content (AvgIpc) is 2.66. The summed E-state index contributed by atoms with van der Waals surface area (Å²) in [6, 6.07) is 9.88. The minimum absolute atomic E-state index is 0.426. The molecule has 2 rings (SSSR count). The molecule has 0 saturated carbocycles. The van der Waals surface area contributed by atoms with Gasteiger partial charge in [-0.3, -0.25) is 0 Å². The zero-order chi connectivity index (χ0) is 11.5. The van der Waals surface area contributed by atoms with Gasteiger partial charge in [-0.1, -0.05) is 6.07 Å². The van der Waals surface area contributed by atoms with Crippen molar-refractivity contribution >= 4 is 39.9 Å². The number of halogens is 2. The standard InChI is InChI=1S/C12H11ClINO/c1-8-2-3-9(6-11(8)14)15-7-10-4-5-12(13)16-10/h2-6,15H,7H2,1H3. The van der Waals surface area contributed by atoms with Crippen molar-refractivity contribution in [1.29, 1.82) is 0 Å². The third-order valence-electron chi connectivity index (χ3n) is 2.27. The molecule has 84 valence electrons. The Hall–Kier alpha value is -0.680. The predicted octanol–water partition coefficient (Wildman–Crippen LogP) is 4.46. The Morgan fingerprint density at radius 1 is 1.31 bits per heavy atom. The van der Waals surface area contributed by atoms with E-state index in [1.54, 1.807) is 6.07 Å². The predicted molar refractivity (Wildman–Crippen MR) is 74.9 cm³/mol. The second-order valence-corrected chi connectivity index (χ2v) is 5.06. The molecule has 1 N–H and O–H groups in total. The minimum Gasteiger partial charge on any atom is -0.448 e. The maximum absolute atomic E-state index is 5.69. The van der Waals surface area contributed by atoms with Crippen molar-refractivity contribution in [1.82, 2.24) is 0 Å². The van der Waals surface area contributed by atoms with Gasteiger partial charge in [0.05, 0.1) is 6.54 Å². The molecule has 2 aromatic rings. The summed E-state index contributed by atoms with van der Waals surface area (Å²) in [7, 11) is 0. The van der Waals surface area contributed by atoms with Crippen LogP contribution in [0.5, 0.6) is 0 Å². The normalized spacial score (nSPS) is 10.4. The van der Waals surface area contributed by atoms with Crippen LogP contribution in [0.25, 0.3) is 0 Å². The quantitative estimate of drug-likeness (QED) is 0.829. The van der Waals surface area contributed by atoms with E-state index in [9.17, 15) is 0 Å². The molecule has 1 aromatic carbocycles. The van der Waals surface area contributed by atoms with E-state index in [1.807, 2.05) is 6.07 Å². The molecule has 0 bridgehead atoms. The number of furan rings is 1. The highest BCUT2D eigenvalue weighted by molar-refractivity contribution is 14.1. The Labute approximate surface area is 113 Å². The maximum Gasteiger partial charge on any atom is 0.193 e. The number of hydrogen-bond acceptors (Lipinski definition) is 2. The Bertz CT molecular complexity index is 496. The van der Waals surface area contributed by atoms with Crippen molar-refractivity contribution in [3.8, 4) is 0 Å². The fraction of sp³-hybridized carbons (Fsp3) is 0.167. The van der Waals surface area contributed by atoms with Crippen LogP contribution in [0, 0.1) is 10.5 Å². The molecule has 0 radical (unpaired) electrons. The molecule has 4 heteroatoms. The third-order valence-corrected chi connectivity index (χ3v) is 3.63. The molecule has 1 heterocycles. The van der Waals surface area contributed by atoms with Crippen LogP contribution in [0.3, 0.4) is 0 Å².